The Hall–Kier alpha value is -1.90. The molecular formula is C12H12N2O. The molecule has 0 saturated carbocycles. The molecule has 15 heavy (non-hydrogen) atoms. The van der Waals surface area contributed by atoms with Crippen LogP contribution in [0.25, 0.3) is 5.82 Å². The summed E-state index contributed by atoms with van der Waals surface area (Å²) in [6.45, 7) is 3.93. The lowest BCUT2D eigenvalue weighted by Gasteiger charge is -2.05. The zero-order valence-electron chi connectivity index (χ0n) is 8.77. The number of pyridine rings is 2. The maximum atomic E-state index is 11.6. The normalized spacial score (nSPS) is 10.3. The Kier molecular flexibility index (Phi) is 2.37. The van der Waals surface area contributed by atoms with Crippen molar-refractivity contribution in [2.75, 3.05) is 0 Å². The third-order valence-electron chi connectivity index (χ3n) is 2.21. The summed E-state index contributed by atoms with van der Waals surface area (Å²) in [5.74, 6) is 0.670. The first kappa shape index (κ1) is 9.65. The number of hydrogen-bond acceptors (Lipinski definition) is 2. The van der Waals surface area contributed by atoms with Gasteiger partial charge in [-0.25, -0.2) is 4.98 Å². The van der Waals surface area contributed by atoms with E-state index in [-0.39, 0.29) is 5.56 Å². The lowest BCUT2D eigenvalue weighted by atomic mass is 10.3. The predicted octanol–water partition coefficient (Wildman–Crippen LogP) is 1.85. The van der Waals surface area contributed by atoms with Crippen LogP contribution in [0.4, 0.5) is 0 Å². The average Bonchev–Trinajstić information content (AvgIpc) is 2.22. The van der Waals surface area contributed by atoms with Gasteiger partial charge in [0.1, 0.15) is 5.82 Å². The third kappa shape index (κ3) is 1.96. The van der Waals surface area contributed by atoms with E-state index in [1.807, 2.05) is 26.0 Å². The van der Waals surface area contributed by atoms with Crippen LogP contribution in [0.5, 0.6) is 0 Å². The topological polar surface area (TPSA) is 34.9 Å². The van der Waals surface area contributed by atoms with Gasteiger partial charge in [0, 0.05) is 18.5 Å². The van der Waals surface area contributed by atoms with E-state index < -0.39 is 0 Å². The van der Waals surface area contributed by atoms with Gasteiger partial charge in [-0.05, 0) is 37.1 Å². The van der Waals surface area contributed by atoms with Gasteiger partial charge in [-0.2, -0.15) is 0 Å². The van der Waals surface area contributed by atoms with Gasteiger partial charge in [0.2, 0.25) is 0 Å². The molecule has 0 N–H and O–H groups in total. The van der Waals surface area contributed by atoms with Crippen molar-refractivity contribution in [2.24, 2.45) is 0 Å². The summed E-state index contributed by atoms with van der Waals surface area (Å²) in [5, 5.41) is 0. The maximum Gasteiger partial charge on any atom is 0.256 e. The van der Waals surface area contributed by atoms with Crippen molar-refractivity contribution in [1.82, 2.24) is 9.55 Å². The fraction of sp³-hybridized carbons (Fsp3) is 0.167. The van der Waals surface area contributed by atoms with E-state index in [1.54, 1.807) is 29.1 Å². The van der Waals surface area contributed by atoms with Gasteiger partial charge in [-0.15, -0.1) is 0 Å². The molecule has 0 atom stereocenters. The first-order valence-corrected chi connectivity index (χ1v) is 4.79. The van der Waals surface area contributed by atoms with Crippen LogP contribution >= 0.6 is 0 Å². The Balaban J connectivity index is 2.63. The van der Waals surface area contributed by atoms with E-state index in [4.69, 9.17) is 0 Å². The standard InChI is InChI=1S/C12H12N2O/c1-9-5-6-13-11(7-9)14-8-10(2)3-4-12(14)15/h3-8H,1-2H3. The zero-order valence-corrected chi connectivity index (χ0v) is 8.77. The SMILES string of the molecule is Cc1ccnc(-n2cc(C)ccc2=O)c1. The number of aryl methyl sites for hydroxylation is 2. The molecule has 0 aliphatic rings. The molecule has 2 aromatic heterocycles. The molecule has 0 spiro atoms. The minimum Gasteiger partial charge on any atom is -0.269 e. The Morgan fingerprint density at radius 2 is 1.93 bits per heavy atom. The Morgan fingerprint density at radius 3 is 2.67 bits per heavy atom. The number of nitrogens with zero attached hydrogens (tertiary/aromatic N) is 2. The van der Waals surface area contributed by atoms with E-state index >= 15 is 0 Å². The van der Waals surface area contributed by atoms with E-state index in [2.05, 4.69) is 4.98 Å². The van der Waals surface area contributed by atoms with Gasteiger partial charge < -0.3 is 0 Å². The second-order valence-corrected chi connectivity index (χ2v) is 3.61. The van der Waals surface area contributed by atoms with Gasteiger partial charge >= 0.3 is 0 Å². The van der Waals surface area contributed by atoms with Gasteiger partial charge in [0.15, 0.2) is 0 Å². The Morgan fingerprint density at radius 1 is 1.13 bits per heavy atom. The van der Waals surface area contributed by atoms with E-state index in [0.717, 1.165) is 11.1 Å². The summed E-state index contributed by atoms with van der Waals surface area (Å²) in [6.07, 6.45) is 3.50. The van der Waals surface area contributed by atoms with Crippen LogP contribution in [0.15, 0.2) is 41.5 Å². The minimum atomic E-state index is -0.0568. The van der Waals surface area contributed by atoms with Gasteiger partial charge in [-0.3, -0.25) is 9.36 Å². The Labute approximate surface area is 88.0 Å². The Bertz CT molecular complexity index is 543. The molecule has 0 fully saturated rings. The minimum absolute atomic E-state index is 0.0568. The quantitative estimate of drug-likeness (QED) is 0.704. The van der Waals surface area contributed by atoms with Crippen molar-refractivity contribution >= 4 is 0 Å². The van der Waals surface area contributed by atoms with Crippen molar-refractivity contribution < 1.29 is 0 Å². The van der Waals surface area contributed by atoms with Crippen molar-refractivity contribution in [3.8, 4) is 5.82 Å². The monoisotopic (exact) mass is 200 g/mol. The molecule has 0 radical (unpaired) electrons. The molecule has 0 unspecified atom stereocenters. The highest BCUT2D eigenvalue weighted by molar-refractivity contribution is 5.28. The summed E-state index contributed by atoms with van der Waals surface area (Å²) in [4.78, 5) is 15.8. The fourth-order valence-electron chi connectivity index (χ4n) is 1.42. The summed E-state index contributed by atoms with van der Waals surface area (Å²) in [7, 11) is 0. The molecule has 2 aromatic rings. The molecule has 3 nitrogen and oxygen atoms in total. The van der Waals surface area contributed by atoms with Crippen LogP contribution in [0.1, 0.15) is 11.1 Å². The highest BCUT2D eigenvalue weighted by Crippen LogP contribution is 2.04. The van der Waals surface area contributed by atoms with Crippen LogP contribution in [-0.4, -0.2) is 9.55 Å². The smallest absolute Gasteiger partial charge is 0.256 e. The van der Waals surface area contributed by atoms with Crippen molar-refractivity contribution in [3.05, 3.63) is 58.1 Å². The molecule has 0 aromatic carbocycles. The molecule has 0 aliphatic heterocycles. The largest absolute Gasteiger partial charge is 0.269 e. The molecular weight excluding hydrogens is 188 g/mol. The first-order valence-electron chi connectivity index (χ1n) is 4.79. The van der Waals surface area contributed by atoms with Crippen molar-refractivity contribution in [1.29, 1.82) is 0 Å². The van der Waals surface area contributed by atoms with Crippen LogP contribution in [-0.2, 0) is 0 Å². The van der Waals surface area contributed by atoms with Crippen LogP contribution in [0, 0.1) is 13.8 Å². The van der Waals surface area contributed by atoms with Crippen LogP contribution < -0.4 is 5.56 Å². The molecule has 0 aliphatic carbocycles. The second-order valence-electron chi connectivity index (χ2n) is 3.61. The highest BCUT2D eigenvalue weighted by Gasteiger charge is 2.00. The van der Waals surface area contributed by atoms with Crippen molar-refractivity contribution in [2.45, 2.75) is 13.8 Å². The predicted molar refractivity (Wildman–Crippen MR) is 59.3 cm³/mol. The number of aromatic nitrogens is 2. The molecule has 0 amide bonds. The maximum absolute atomic E-state index is 11.6. The van der Waals surface area contributed by atoms with E-state index in [9.17, 15) is 4.79 Å². The lowest BCUT2D eigenvalue weighted by molar-refractivity contribution is 0.927. The number of hydrogen-bond donors (Lipinski definition) is 0. The molecule has 76 valence electrons. The zero-order chi connectivity index (χ0) is 10.8. The van der Waals surface area contributed by atoms with Gasteiger partial charge in [-0.1, -0.05) is 6.07 Å². The third-order valence-corrected chi connectivity index (χ3v) is 2.21. The van der Waals surface area contributed by atoms with Crippen LogP contribution in [0.2, 0.25) is 0 Å². The summed E-state index contributed by atoms with van der Waals surface area (Å²) in [6, 6.07) is 7.15. The molecule has 2 heterocycles. The molecule has 2 rings (SSSR count). The summed E-state index contributed by atoms with van der Waals surface area (Å²) < 4.78 is 1.56. The van der Waals surface area contributed by atoms with Crippen LogP contribution in [0.3, 0.4) is 0 Å². The van der Waals surface area contributed by atoms with Gasteiger partial charge in [0.25, 0.3) is 5.56 Å². The highest BCUT2D eigenvalue weighted by atomic mass is 16.1. The molecule has 0 bridgehead atoms. The van der Waals surface area contributed by atoms with E-state index in [0.29, 0.717) is 5.82 Å². The first-order chi connectivity index (χ1) is 7.16. The second kappa shape index (κ2) is 3.69. The summed E-state index contributed by atoms with van der Waals surface area (Å²) in [5.41, 5.74) is 2.07. The molecule has 0 saturated heterocycles. The summed E-state index contributed by atoms with van der Waals surface area (Å²) >= 11 is 0. The van der Waals surface area contributed by atoms with Gasteiger partial charge in [0.05, 0.1) is 0 Å². The van der Waals surface area contributed by atoms with Crippen molar-refractivity contribution in [3.63, 3.8) is 0 Å². The average molecular weight is 200 g/mol. The van der Waals surface area contributed by atoms with E-state index in [1.165, 1.54) is 0 Å². The number of rotatable bonds is 1. The lowest BCUT2D eigenvalue weighted by Crippen LogP contribution is -2.17. The molecule has 3 heteroatoms. The fourth-order valence-corrected chi connectivity index (χ4v) is 1.42.